The number of rotatable bonds is 1. The number of thioether (sulfide) groups is 1. The molecule has 0 amide bonds. The molecule has 0 aromatic rings. The lowest BCUT2D eigenvalue weighted by atomic mass is 10.5. The molecule has 0 saturated carbocycles. The van der Waals surface area contributed by atoms with Crippen molar-refractivity contribution in [3.8, 4) is 11.8 Å². The molecule has 0 fully saturated rings. The first kappa shape index (κ1) is 10.8. The molecule has 0 rings (SSSR count). The minimum absolute atomic E-state index is 0.810. The standard InChI is InChI=1S/C8H13NS2/c1-4-5-6-7-11-8(10)9(2)3/h4,7H2,1-3H3. The smallest absolute Gasteiger partial charge is 0.136 e. The highest BCUT2D eigenvalue weighted by atomic mass is 32.2. The maximum Gasteiger partial charge on any atom is 0.136 e. The molecule has 0 saturated heterocycles. The highest BCUT2D eigenvalue weighted by molar-refractivity contribution is 8.23. The van der Waals surface area contributed by atoms with Crippen LogP contribution in [0.25, 0.3) is 0 Å². The molecule has 0 N–H and O–H groups in total. The Bertz CT molecular complexity index is 176. The average molecular weight is 187 g/mol. The molecule has 0 radical (unpaired) electrons. The maximum atomic E-state index is 5.05. The third kappa shape index (κ3) is 6.21. The van der Waals surface area contributed by atoms with Crippen molar-refractivity contribution < 1.29 is 0 Å². The Labute approximate surface area is 78.5 Å². The van der Waals surface area contributed by atoms with Gasteiger partial charge in [-0.2, -0.15) is 0 Å². The zero-order valence-corrected chi connectivity index (χ0v) is 8.81. The van der Waals surface area contributed by atoms with E-state index in [-0.39, 0.29) is 0 Å². The van der Waals surface area contributed by atoms with Gasteiger partial charge in [0.1, 0.15) is 4.32 Å². The van der Waals surface area contributed by atoms with E-state index >= 15 is 0 Å². The third-order valence-corrected chi connectivity index (χ3v) is 2.55. The third-order valence-electron chi connectivity index (χ3n) is 0.935. The van der Waals surface area contributed by atoms with Crippen LogP contribution in [0, 0.1) is 11.8 Å². The van der Waals surface area contributed by atoms with Crippen LogP contribution in [0.1, 0.15) is 13.3 Å². The van der Waals surface area contributed by atoms with Gasteiger partial charge in [-0.05, 0) is 0 Å². The van der Waals surface area contributed by atoms with Gasteiger partial charge in [0.15, 0.2) is 0 Å². The summed E-state index contributed by atoms with van der Waals surface area (Å²) in [4.78, 5) is 1.92. The van der Waals surface area contributed by atoms with Gasteiger partial charge >= 0.3 is 0 Å². The summed E-state index contributed by atoms with van der Waals surface area (Å²) in [5.41, 5.74) is 0. The Hall–Kier alpha value is -0.200. The van der Waals surface area contributed by atoms with Crippen LogP contribution in [0.2, 0.25) is 0 Å². The predicted octanol–water partition coefficient (Wildman–Crippen LogP) is 1.98. The van der Waals surface area contributed by atoms with Crippen LogP contribution in [0.4, 0.5) is 0 Å². The second-order valence-corrected chi connectivity index (χ2v) is 3.77. The van der Waals surface area contributed by atoms with E-state index < -0.39 is 0 Å². The summed E-state index contributed by atoms with van der Waals surface area (Å²) in [6.07, 6.45) is 0.926. The second-order valence-electron chi connectivity index (χ2n) is 2.16. The SMILES string of the molecule is CCC#CCSC(=S)N(C)C. The number of hydrogen-bond acceptors (Lipinski definition) is 2. The Morgan fingerprint density at radius 2 is 2.09 bits per heavy atom. The van der Waals surface area contributed by atoms with Gasteiger partial charge in [0.05, 0.1) is 5.75 Å². The molecule has 0 aliphatic rings. The topological polar surface area (TPSA) is 3.24 Å². The van der Waals surface area contributed by atoms with Crippen molar-refractivity contribution in [3.63, 3.8) is 0 Å². The van der Waals surface area contributed by atoms with Gasteiger partial charge in [-0.25, -0.2) is 0 Å². The van der Waals surface area contributed by atoms with Crippen molar-refractivity contribution in [3.05, 3.63) is 0 Å². The number of thiocarbonyl (C=S) groups is 1. The van der Waals surface area contributed by atoms with E-state index in [1.54, 1.807) is 11.8 Å². The molecule has 11 heavy (non-hydrogen) atoms. The average Bonchev–Trinajstić information content (AvgIpc) is 1.97. The summed E-state index contributed by atoms with van der Waals surface area (Å²) in [5.74, 6) is 6.82. The lowest BCUT2D eigenvalue weighted by Crippen LogP contribution is -2.16. The summed E-state index contributed by atoms with van der Waals surface area (Å²) >= 11 is 6.66. The monoisotopic (exact) mass is 187 g/mol. The zero-order valence-electron chi connectivity index (χ0n) is 7.18. The summed E-state index contributed by atoms with van der Waals surface area (Å²) in [6, 6.07) is 0. The Morgan fingerprint density at radius 1 is 1.45 bits per heavy atom. The van der Waals surface area contributed by atoms with Crippen LogP contribution in [0.15, 0.2) is 0 Å². The normalized spacial score (nSPS) is 8.27. The fourth-order valence-electron chi connectivity index (χ4n) is 0.403. The zero-order chi connectivity index (χ0) is 8.69. The fraction of sp³-hybridized carbons (Fsp3) is 0.625. The molecule has 3 heteroatoms. The first-order valence-corrected chi connectivity index (χ1v) is 4.87. The summed E-state index contributed by atoms with van der Waals surface area (Å²) in [6.45, 7) is 2.04. The van der Waals surface area contributed by atoms with Crippen LogP contribution < -0.4 is 0 Å². The fourth-order valence-corrected chi connectivity index (χ4v) is 1.14. The first-order valence-electron chi connectivity index (χ1n) is 3.48. The van der Waals surface area contributed by atoms with Crippen molar-refractivity contribution in [2.45, 2.75) is 13.3 Å². The highest BCUT2D eigenvalue weighted by Crippen LogP contribution is 2.04. The van der Waals surface area contributed by atoms with Crippen LogP contribution in [0.5, 0.6) is 0 Å². The molecule has 0 spiro atoms. The number of hydrogen-bond donors (Lipinski definition) is 0. The molecule has 0 heterocycles. The van der Waals surface area contributed by atoms with E-state index in [1.807, 2.05) is 25.9 Å². The van der Waals surface area contributed by atoms with Crippen molar-refractivity contribution in [1.82, 2.24) is 4.90 Å². The van der Waals surface area contributed by atoms with Gasteiger partial charge in [0, 0.05) is 20.5 Å². The number of nitrogens with zero attached hydrogens (tertiary/aromatic N) is 1. The lowest BCUT2D eigenvalue weighted by molar-refractivity contribution is 0.648. The van der Waals surface area contributed by atoms with Crippen molar-refractivity contribution >= 4 is 28.3 Å². The van der Waals surface area contributed by atoms with Crippen molar-refractivity contribution in [2.24, 2.45) is 0 Å². The van der Waals surface area contributed by atoms with E-state index in [0.717, 1.165) is 16.5 Å². The summed E-state index contributed by atoms with van der Waals surface area (Å²) in [5, 5.41) is 0. The van der Waals surface area contributed by atoms with E-state index in [1.165, 1.54) is 0 Å². The van der Waals surface area contributed by atoms with Gasteiger partial charge in [-0.15, -0.1) is 5.92 Å². The molecule has 0 bridgehead atoms. The Morgan fingerprint density at radius 3 is 2.55 bits per heavy atom. The van der Waals surface area contributed by atoms with E-state index in [9.17, 15) is 0 Å². The summed E-state index contributed by atoms with van der Waals surface area (Å²) in [7, 11) is 3.89. The van der Waals surface area contributed by atoms with Crippen LogP contribution >= 0.6 is 24.0 Å². The Kier molecular flexibility index (Phi) is 6.39. The lowest BCUT2D eigenvalue weighted by Gasteiger charge is -2.10. The van der Waals surface area contributed by atoms with E-state index in [2.05, 4.69) is 11.8 Å². The molecular weight excluding hydrogens is 174 g/mol. The minimum atomic E-state index is 0.810. The second kappa shape index (κ2) is 6.51. The van der Waals surface area contributed by atoms with Crippen LogP contribution in [0.3, 0.4) is 0 Å². The van der Waals surface area contributed by atoms with Crippen molar-refractivity contribution in [1.29, 1.82) is 0 Å². The highest BCUT2D eigenvalue weighted by Gasteiger charge is 1.95. The quantitative estimate of drug-likeness (QED) is 0.456. The Balaban J connectivity index is 3.47. The van der Waals surface area contributed by atoms with Crippen molar-refractivity contribution in [2.75, 3.05) is 19.8 Å². The van der Waals surface area contributed by atoms with E-state index in [0.29, 0.717) is 0 Å². The first-order chi connectivity index (χ1) is 5.18. The molecule has 0 aliphatic carbocycles. The molecule has 0 aliphatic heterocycles. The molecule has 0 unspecified atom stereocenters. The molecule has 0 aromatic heterocycles. The predicted molar refractivity (Wildman–Crippen MR) is 56.8 cm³/mol. The molecule has 0 aromatic carbocycles. The van der Waals surface area contributed by atoms with Gasteiger partial charge in [-0.1, -0.05) is 36.8 Å². The van der Waals surface area contributed by atoms with E-state index in [4.69, 9.17) is 12.2 Å². The molecular formula is C8H13NS2. The largest absolute Gasteiger partial charge is 0.364 e. The maximum absolute atomic E-state index is 5.05. The summed E-state index contributed by atoms with van der Waals surface area (Å²) < 4.78 is 0.899. The molecule has 62 valence electrons. The van der Waals surface area contributed by atoms with Crippen LogP contribution in [-0.2, 0) is 0 Å². The van der Waals surface area contributed by atoms with Gasteiger partial charge in [0.25, 0.3) is 0 Å². The van der Waals surface area contributed by atoms with Gasteiger partial charge in [0.2, 0.25) is 0 Å². The molecule has 1 nitrogen and oxygen atoms in total. The molecule has 0 atom stereocenters. The minimum Gasteiger partial charge on any atom is -0.364 e. The van der Waals surface area contributed by atoms with Crippen LogP contribution in [-0.4, -0.2) is 29.1 Å². The van der Waals surface area contributed by atoms with Gasteiger partial charge < -0.3 is 4.90 Å². The van der Waals surface area contributed by atoms with Gasteiger partial charge in [-0.3, -0.25) is 0 Å².